The normalized spacial score (nSPS) is 44.8. The van der Waals surface area contributed by atoms with Gasteiger partial charge in [-0.15, -0.1) is 0 Å². The van der Waals surface area contributed by atoms with Gasteiger partial charge >= 0.3 is 18.0 Å². The molecule has 0 aromatic carbocycles. The molecular weight excluding hydrogens is 782 g/mol. The van der Waals surface area contributed by atoms with Crippen LogP contribution in [0, 0.1) is 23.7 Å². The molecule has 0 bridgehead atoms. The molecular formula is C43H75N3O14. The van der Waals surface area contributed by atoms with Crippen LogP contribution in [0.1, 0.15) is 102 Å². The van der Waals surface area contributed by atoms with E-state index in [1.54, 1.807) is 34.7 Å². The molecule has 17 heteroatoms. The number of rotatable bonds is 11. The summed E-state index contributed by atoms with van der Waals surface area (Å²) in [4.78, 5) is 58.6. The van der Waals surface area contributed by atoms with Crippen molar-refractivity contribution in [2.24, 2.45) is 23.7 Å². The number of hydrogen-bond acceptors (Lipinski definition) is 16. The number of ketones is 1. The Hall–Kier alpha value is -2.48. The first-order valence-electron chi connectivity index (χ1n) is 21.6. The number of nitrogens with zero attached hydrogens (tertiary/aromatic N) is 2. The fraction of sp³-hybridized carbons (Fsp3) is 0.907. The Kier molecular flexibility index (Phi) is 16.7. The first-order chi connectivity index (χ1) is 27.9. The summed E-state index contributed by atoms with van der Waals surface area (Å²) < 4.78 is 57.1. The summed E-state index contributed by atoms with van der Waals surface area (Å²) in [6, 6.07) is -1.10. The van der Waals surface area contributed by atoms with Crippen LogP contribution in [0.4, 0.5) is 4.79 Å². The lowest BCUT2D eigenvalue weighted by molar-refractivity contribution is -0.320. The zero-order valence-electron chi connectivity index (χ0n) is 38.8. The molecule has 346 valence electrons. The number of aliphatic hydroxyl groups is 1. The molecule has 4 saturated heterocycles. The number of esters is 2. The maximum atomic E-state index is 14.7. The van der Waals surface area contributed by atoms with Gasteiger partial charge in [0.15, 0.2) is 24.3 Å². The van der Waals surface area contributed by atoms with E-state index in [4.69, 9.17) is 42.6 Å². The highest BCUT2D eigenvalue weighted by atomic mass is 16.7. The Morgan fingerprint density at radius 2 is 1.55 bits per heavy atom. The smallest absolute Gasteiger partial charge is 0.411 e. The van der Waals surface area contributed by atoms with Crippen molar-refractivity contribution < 1.29 is 66.9 Å². The number of hydrogen-bond donors (Lipinski definition) is 2. The average molecular weight is 858 g/mol. The number of likely N-dealkylation sites (N-methyl/N-ethyl adjacent to an activating group) is 1. The zero-order chi connectivity index (χ0) is 45.2. The third kappa shape index (κ3) is 10.1. The number of amides is 1. The fourth-order valence-corrected chi connectivity index (χ4v) is 10.4. The summed E-state index contributed by atoms with van der Waals surface area (Å²) in [5.74, 6) is -4.42. The molecule has 0 aromatic rings. The maximum absolute atomic E-state index is 14.7. The van der Waals surface area contributed by atoms with Crippen LogP contribution in [0.25, 0.3) is 0 Å². The topological polar surface area (TPSA) is 190 Å². The number of fused-ring (bicyclic) bond motifs is 1. The Morgan fingerprint density at radius 3 is 2.10 bits per heavy atom. The highest BCUT2D eigenvalue weighted by molar-refractivity contribution is 5.85. The number of Topliss-reactive ketones (excluding diaryl/α,β-unsaturated/α-hetero) is 1. The molecule has 4 rings (SSSR count). The van der Waals surface area contributed by atoms with Crippen molar-refractivity contribution in [3.63, 3.8) is 0 Å². The molecule has 60 heavy (non-hydrogen) atoms. The van der Waals surface area contributed by atoms with E-state index >= 15 is 0 Å². The minimum Gasteiger partial charge on any atom is -0.458 e. The summed E-state index contributed by atoms with van der Waals surface area (Å²) in [6.07, 6.45) is -7.35. The lowest BCUT2D eigenvalue weighted by atomic mass is 9.73. The van der Waals surface area contributed by atoms with Crippen LogP contribution in [0.3, 0.4) is 0 Å². The van der Waals surface area contributed by atoms with Gasteiger partial charge in [-0.3, -0.25) is 19.3 Å². The monoisotopic (exact) mass is 858 g/mol. The number of cyclic esters (lactones) is 1. The molecule has 0 aliphatic carbocycles. The SMILES string of the molecule is CCC1OC(=O)C(C)C(OC2CC(C)(OC)C(OC(C)=O)C(C)O2)C(C)C(OC2OC(C)CC(N(C)C)C2O)C(C)(OC)CC(C)C(=O)C(C)C2N(CNC)C(=O)OC12C. The summed E-state index contributed by atoms with van der Waals surface area (Å²) in [7, 11) is 8.53. The Labute approximate surface area is 357 Å². The molecule has 17 nitrogen and oxygen atoms in total. The van der Waals surface area contributed by atoms with Crippen molar-refractivity contribution in [3.05, 3.63) is 0 Å². The van der Waals surface area contributed by atoms with E-state index in [0.29, 0.717) is 6.42 Å². The van der Waals surface area contributed by atoms with Crippen LogP contribution < -0.4 is 5.32 Å². The number of carbonyl (C=O) groups excluding carboxylic acids is 4. The van der Waals surface area contributed by atoms with Crippen LogP contribution in [0.2, 0.25) is 0 Å². The first-order valence-corrected chi connectivity index (χ1v) is 21.6. The number of nitrogens with one attached hydrogen (secondary N) is 1. The van der Waals surface area contributed by atoms with E-state index in [2.05, 4.69) is 5.32 Å². The number of aliphatic hydroxyl groups excluding tert-OH is 1. The molecule has 18 atom stereocenters. The van der Waals surface area contributed by atoms with Crippen LogP contribution in [0.15, 0.2) is 0 Å². The molecule has 4 aliphatic rings. The van der Waals surface area contributed by atoms with E-state index in [1.807, 2.05) is 60.5 Å². The molecule has 4 fully saturated rings. The summed E-state index contributed by atoms with van der Waals surface area (Å²) in [5.41, 5.74) is -3.70. The first kappa shape index (κ1) is 50.2. The van der Waals surface area contributed by atoms with Crippen molar-refractivity contribution in [1.29, 1.82) is 0 Å². The van der Waals surface area contributed by atoms with Crippen LogP contribution in [-0.2, 0) is 57.0 Å². The van der Waals surface area contributed by atoms with Crippen molar-refractivity contribution >= 4 is 23.8 Å². The zero-order valence-corrected chi connectivity index (χ0v) is 38.8. The van der Waals surface area contributed by atoms with E-state index in [9.17, 15) is 24.3 Å². The Morgan fingerprint density at radius 1 is 0.933 bits per heavy atom. The van der Waals surface area contributed by atoms with E-state index in [0.717, 1.165) is 0 Å². The van der Waals surface area contributed by atoms with Gasteiger partial charge in [0, 0.05) is 51.4 Å². The molecule has 0 spiro atoms. The lowest BCUT2D eigenvalue weighted by Gasteiger charge is -2.50. The standard InChI is InChI=1S/C43H75N3O14/c1-17-30-43(11)35(46(21-44-12)40(51)60-43)24(4)32(48)22(2)19-41(9,52-15)36(59-39-33(49)29(45(13)14)18-23(3)54-39)25(5)34(26(6)38(50)57-30)58-31-20-42(10,53-16)37(27(7)55-31)56-28(8)47/h22-27,29-31,33-37,39,44,49H,17-21H2,1-16H3. The van der Waals surface area contributed by atoms with E-state index < -0.39 is 114 Å². The van der Waals surface area contributed by atoms with E-state index in [1.165, 1.54) is 26.0 Å². The lowest BCUT2D eigenvalue weighted by Crippen LogP contribution is -2.62. The molecule has 0 aromatic heterocycles. The molecule has 18 unspecified atom stereocenters. The molecule has 1 amide bonds. The summed E-state index contributed by atoms with van der Waals surface area (Å²) in [5, 5.41) is 14.8. The third-order valence-corrected chi connectivity index (χ3v) is 13.7. The minimum absolute atomic E-state index is 0.0968. The van der Waals surface area contributed by atoms with Gasteiger partial charge in [-0.2, -0.15) is 0 Å². The predicted molar refractivity (Wildman–Crippen MR) is 218 cm³/mol. The van der Waals surface area contributed by atoms with Gasteiger partial charge in [0.25, 0.3) is 0 Å². The van der Waals surface area contributed by atoms with Crippen molar-refractivity contribution in [3.8, 4) is 0 Å². The van der Waals surface area contributed by atoms with Crippen LogP contribution in [0.5, 0.6) is 0 Å². The highest BCUT2D eigenvalue weighted by Crippen LogP contribution is 2.45. The van der Waals surface area contributed by atoms with Crippen molar-refractivity contribution in [1.82, 2.24) is 15.1 Å². The van der Waals surface area contributed by atoms with Crippen molar-refractivity contribution in [2.45, 2.75) is 186 Å². The molecule has 0 radical (unpaired) electrons. The van der Waals surface area contributed by atoms with Crippen molar-refractivity contribution in [2.75, 3.05) is 42.0 Å². The Balaban J connectivity index is 1.90. The van der Waals surface area contributed by atoms with Crippen LogP contribution >= 0.6 is 0 Å². The predicted octanol–water partition coefficient (Wildman–Crippen LogP) is 3.66. The minimum atomic E-state index is -1.41. The number of carbonyl (C=O) groups is 4. The quantitative estimate of drug-likeness (QED) is 0.226. The summed E-state index contributed by atoms with van der Waals surface area (Å²) in [6.45, 7) is 19.5. The Bertz CT molecular complexity index is 1500. The van der Waals surface area contributed by atoms with Gasteiger partial charge in [0.2, 0.25) is 0 Å². The number of ether oxygens (including phenoxy) is 9. The van der Waals surface area contributed by atoms with Crippen LogP contribution in [-0.4, -0.2) is 165 Å². The molecule has 4 aliphatic heterocycles. The fourth-order valence-electron chi connectivity index (χ4n) is 10.4. The van der Waals surface area contributed by atoms with Gasteiger partial charge in [-0.1, -0.05) is 27.7 Å². The second kappa shape index (κ2) is 19.9. The third-order valence-electron chi connectivity index (χ3n) is 13.7. The van der Waals surface area contributed by atoms with Gasteiger partial charge in [0.05, 0.1) is 48.6 Å². The largest absolute Gasteiger partial charge is 0.458 e. The molecule has 2 N–H and O–H groups in total. The van der Waals surface area contributed by atoms with Gasteiger partial charge in [-0.25, -0.2) is 4.79 Å². The average Bonchev–Trinajstić information content (AvgIpc) is 3.44. The highest BCUT2D eigenvalue weighted by Gasteiger charge is 2.61. The maximum Gasteiger partial charge on any atom is 0.411 e. The van der Waals surface area contributed by atoms with Gasteiger partial charge in [0.1, 0.15) is 23.6 Å². The second-order valence-electron chi connectivity index (χ2n) is 18.5. The number of methoxy groups -OCH3 is 2. The van der Waals surface area contributed by atoms with Gasteiger partial charge < -0.3 is 58.0 Å². The second-order valence-corrected chi connectivity index (χ2v) is 18.5. The van der Waals surface area contributed by atoms with E-state index in [-0.39, 0.29) is 43.9 Å². The summed E-state index contributed by atoms with van der Waals surface area (Å²) >= 11 is 0. The van der Waals surface area contributed by atoms with Gasteiger partial charge in [-0.05, 0) is 81.9 Å². The molecule has 0 saturated carbocycles. The molecule has 4 heterocycles.